The molecule has 4 heterocycles. The highest BCUT2D eigenvalue weighted by Gasteiger charge is 2.51. The van der Waals surface area contributed by atoms with Gasteiger partial charge in [-0.05, 0) is 31.5 Å². The van der Waals surface area contributed by atoms with Crippen molar-refractivity contribution < 1.29 is 9.59 Å². The van der Waals surface area contributed by atoms with Crippen molar-refractivity contribution in [1.82, 2.24) is 19.9 Å². The fraction of sp³-hybridized carbons (Fsp3) is 0.273. The molecule has 3 aromatic rings. The predicted molar refractivity (Wildman–Crippen MR) is 109 cm³/mol. The Morgan fingerprint density at radius 3 is 2.83 bits per heavy atom. The van der Waals surface area contributed by atoms with E-state index in [1.54, 1.807) is 29.6 Å². The smallest absolute Gasteiger partial charge is 0.266 e. The zero-order valence-electron chi connectivity index (χ0n) is 16.3. The molecule has 0 radical (unpaired) electrons. The van der Waals surface area contributed by atoms with Crippen LogP contribution in [0.3, 0.4) is 0 Å². The first kappa shape index (κ1) is 17.6. The molecule has 1 atom stereocenters. The molecule has 0 spiro atoms. The number of H-pyrrole nitrogens is 1. The van der Waals surface area contributed by atoms with Crippen LogP contribution in [0.5, 0.6) is 0 Å². The number of aromatic nitrogens is 2. The lowest BCUT2D eigenvalue weighted by molar-refractivity contribution is -0.163. The molecule has 7 heteroatoms. The number of rotatable bonds is 2. The molecule has 0 unspecified atom stereocenters. The molecule has 0 bridgehead atoms. The van der Waals surface area contributed by atoms with Gasteiger partial charge in [0.25, 0.3) is 5.91 Å². The lowest BCUT2D eigenvalue weighted by atomic mass is 9.82. The van der Waals surface area contributed by atoms with E-state index >= 15 is 0 Å². The number of fused-ring (bicyclic) bond motifs is 4. The van der Waals surface area contributed by atoms with E-state index in [1.807, 2.05) is 38.1 Å². The van der Waals surface area contributed by atoms with Gasteiger partial charge in [-0.1, -0.05) is 24.3 Å². The predicted octanol–water partition coefficient (Wildman–Crippen LogP) is 2.43. The summed E-state index contributed by atoms with van der Waals surface area (Å²) < 4.78 is 0. The van der Waals surface area contributed by atoms with Gasteiger partial charge in [0, 0.05) is 41.0 Å². The number of benzene rings is 1. The van der Waals surface area contributed by atoms with E-state index < -0.39 is 11.6 Å². The molecule has 1 aromatic carbocycles. The third-order valence-electron chi connectivity index (χ3n) is 5.86. The molecule has 1 fully saturated rings. The van der Waals surface area contributed by atoms with Gasteiger partial charge in [-0.3, -0.25) is 14.6 Å². The van der Waals surface area contributed by atoms with E-state index in [0.29, 0.717) is 6.42 Å². The van der Waals surface area contributed by atoms with Gasteiger partial charge >= 0.3 is 0 Å². The molecule has 146 valence electrons. The van der Waals surface area contributed by atoms with Crippen LogP contribution in [0.4, 0.5) is 0 Å². The molecule has 7 nitrogen and oxygen atoms in total. The minimum Gasteiger partial charge on any atom is -0.356 e. The number of nitrogens with one attached hydrogen (secondary N) is 1. The monoisotopic (exact) mass is 387 g/mol. The molecule has 1 saturated heterocycles. The standard InChI is InChI=1S/C22H21N5O2/c1-22(2)20-16(15-7-3-4-8-17(15)25-20)10-18-21(29)26(13-19(28)27(18)22)24-12-14-6-5-9-23-11-14/h3-9,11-12,18,25H,10,13H2,1-2H3/b24-12-/t18-/m0/s1. The quantitative estimate of drug-likeness (QED) is 0.686. The Morgan fingerprint density at radius 1 is 1.21 bits per heavy atom. The summed E-state index contributed by atoms with van der Waals surface area (Å²) in [6.45, 7) is 3.92. The maximum absolute atomic E-state index is 13.3. The largest absolute Gasteiger partial charge is 0.356 e. The van der Waals surface area contributed by atoms with Crippen molar-refractivity contribution >= 4 is 28.9 Å². The van der Waals surface area contributed by atoms with Gasteiger partial charge in [-0.15, -0.1) is 0 Å². The number of amides is 2. The normalized spacial score (nSPS) is 21.0. The van der Waals surface area contributed by atoms with Crippen LogP contribution in [-0.2, 0) is 21.5 Å². The molecule has 0 saturated carbocycles. The first-order chi connectivity index (χ1) is 14.0. The van der Waals surface area contributed by atoms with Gasteiger partial charge in [-0.2, -0.15) is 5.10 Å². The van der Waals surface area contributed by atoms with E-state index in [9.17, 15) is 9.59 Å². The van der Waals surface area contributed by atoms with Crippen LogP contribution in [0.1, 0.15) is 30.7 Å². The third-order valence-corrected chi connectivity index (χ3v) is 5.86. The summed E-state index contributed by atoms with van der Waals surface area (Å²) in [7, 11) is 0. The molecule has 1 N–H and O–H groups in total. The molecule has 2 amide bonds. The van der Waals surface area contributed by atoms with Crippen LogP contribution in [0.15, 0.2) is 53.9 Å². The molecule has 2 aliphatic heterocycles. The molecule has 29 heavy (non-hydrogen) atoms. The number of carbonyl (C=O) groups excluding carboxylic acids is 2. The van der Waals surface area contributed by atoms with Gasteiger partial charge < -0.3 is 9.88 Å². The van der Waals surface area contributed by atoms with Crippen molar-refractivity contribution in [1.29, 1.82) is 0 Å². The van der Waals surface area contributed by atoms with E-state index in [-0.39, 0.29) is 18.4 Å². The summed E-state index contributed by atoms with van der Waals surface area (Å²) in [5.74, 6) is -0.263. The average molecular weight is 387 g/mol. The topological polar surface area (TPSA) is 81.7 Å². The molecule has 0 aliphatic carbocycles. The van der Waals surface area contributed by atoms with Crippen molar-refractivity contribution in [2.75, 3.05) is 6.54 Å². The van der Waals surface area contributed by atoms with Gasteiger partial charge in [0.05, 0.1) is 11.8 Å². The maximum atomic E-state index is 13.3. The van der Waals surface area contributed by atoms with E-state index in [1.165, 1.54) is 5.01 Å². The number of para-hydroxylation sites is 1. The first-order valence-electron chi connectivity index (χ1n) is 9.64. The highest BCUT2D eigenvalue weighted by molar-refractivity contribution is 5.98. The number of nitrogens with zero attached hydrogens (tertiary/aromatic N) is 4. The molecule has 2 aliphatic rings. The van der Waals surface area contributed by atoms with Gasteiger partial charge in [0.1, 0.15) is 12.6 Å². The Balaban J connectivity index is 1.54. The second-order valence-electron chi connectivity index (χ2n) is 7.99. The van der Waals surface area contributed by atoms with E-state index in [0.717, 1.165) is 27.7 Å². The van der Waals surface area contributed by atoms with Crippen LogP contribution < -0.4 is 0 Å². The Kier molecular flexibility index (Phi) is 3.81. The Hall–Kier alpha value is -3.48. The zero-order valence-corrected chi connectivity index (χ0v) is 16.3. The van der Waals surface area contributed by atoms with E-state index in [2.05, 4.69) is 21.1 Å². The number of hydrogen-bond donors (Lipinski definition) is 1. The minimum atomic E-state index is -0.608. The van der Waals surface area contributed by atoms with Crippen LogP contribution in [0.25, 0.3) is 10.9 Å². The second kappa shape index (κ2) is 6.27. The first-order valence-corrected chi connectivity index (χ1v) is 9.64. The molecular formula is C22H21N5O2. The van der Waals surface area contributed by atoms with Crippen molar-refractivity contribution in [2.45, 2.75) is 31.8 Å². The molecule has 2 aromatic heterocycles. The number of carbonyl (C=O) groups is 2. The molecule has 5 rings (SSSR count). The van der Waals surface area contributed by atoms with Gasteiger partial charge in [0.15, 0.2) is 0 Å². The summed E-state index contributed by atoms with van der Waals surface area (Å²) in [5.41, 5.74) is 3.30. The van der Waals surface area contributed by atoms with E-state index in [4.69, 9.17) is 0 Å². The van der Waals surface area contributed by atoms with Crippen molar-refractivity contribution in [3.8, 4) is 0 Å². The summed E-state index contributed by atoms with van der Waals surface area (Å²) in [4.78, 5) is 35.6. The third kappa shape index (κ3) is 2.65. The highest BCUT2D eigenvalue weighted by atomic mass is 16.2. The minimum absolute atomic E-state index is 0.0644. The number of piperazine rings is 1. The Morgan fingerprint density at radius 2 is 2.03 bits per heavy atom. The second-order valence-corrected chi connectivity index (χ2v) is 7.99. The number of pyridine rings is 1. The summed E-state index contributed by atoms with van der Waals surface area (Å²) in [6, 6.07) is 11.1. The lowest BCUT2D eigenvalue weighted by Gasteiger charge is -2.50. The SMILES string of the molecule is CC1(C)c2[nH]c3ccccc3c2C[C@H]2C(=O)N(/N=C\c3cccnc3)CC(=O)N21. The lowest BCUT2D eigenvalue weighted by Crippen LogP contribution is -2.66. The summed E-state index contributed by atoms with van der Waals surface area (Å²) in [6.07, 6.45) is 5.38. The summed E-state index contributed by atoms with van der Waals surface area (Å²) in [5, 5.41) is 6.68. The van der Waals surface area contributed by atoms with Crippen molar-refractivity contribution in [3.63, 3.8) is 0 Å². The highest BCUT2D eigenvalue weighted by Crippen LogP contribution is 2.42. The van der Waals surface area contributed by atoms with Crippen LogP contribution >= 0.6 is 0 Å². The van der Waals surface area contributed by atoms with Crippen molar-refractivity contribution in [2.24, 2.45) is 5.10 Å². The van der Waals surface area contributed by atoms with Gasteiger partial charge in [0.2, 0.25) is 5.91 Å². The Bertz CT molecular complexity index is 1150. The fourth-order valence-electron chi connectivity index (χ4n) is 4.55. The number of hydrazone groups is 1. The average Bonchev–Trinajstić information content (AvgIpc) is 3.10. The summed E-state index contributed by atoms with van der Waals surface area (Å²) >= 11 is 0. The maximum Gasteiger partial charge on any atom is 0.266 e. The van der Waals surface area contributed by atoms with Crippen molar-refractivity contribution in [3.05, 3.63) is 65.6 Å². The molecular weight excluding hydrogens is 366 g/mol. The van der Waals surface area contributed by atoms with Crippen LogP contribution in [0, 0.1) is 0 Å². The van der Waals surface area contributed by atoms with Gasteiger partial charge in [-0.25, -0.2) is 5.01 Å². The fourth-order valence-corrected chi connectivity index (χ4v) is 4.55. The van der Waals surface area contributed by atoms with Crippen LogP contribution in [0.2, 0.25) is 0 Å². The Labute approximate surface area is 168 Å². The number of hydrogen-bond acceptors (Lipinski definition) is 4. The number of aromatic amines is 1. The zero-order chi connectivity index (χ0) is 20.2. The van der Waals surface area contributed by atoms with Crippen LogP contribution in [-0.4, -0.2) is 50.5 Å².